The lowest BCUT2D eigenvalue weighted by Crippen LogP contribution is -2.47. The van der Waals surface area contributed by atoms with Crippen molar-refractivity contribution >= 4 is 11.4 Å². The molecule has 2 aromatic rings. The van der Waals surface area contributed by atoms with Crippen LogP contribution in [0.3, 0.4) is 0 Å². The van der Waals surface area contributed by atoms with Crippen molar-refractivity contribution in [3.63, 3.8) is 0 Å². The molecule has 0 saturated carbocycles. The van der Waals surface area contributed by atoms with Gasteiger partial charge in [-0.25, -0.2) is 0 Å². The quantitative estimate of drug-likeness (QED) is 0.856. The van der Waals surface area contributed by atoms with E-state index in [0.29, 0.717) is 5.56 Å². The van der Waals surface area contributed by atoms with Gasteiger partial charge in [0.1, 0.15) is 0 Å². The zero-order valence-corrected chi connectivity index (χ0v) is 12.5. The number of pyridine rings is 1. The number of terminal acetylenes is 1. The molecule has 2 aromatic heterocycles. The van der Waals surface area contributed by atoms with Gasteiger partial charge in [-0.2, -0.15) is 0 Å². The second-order valence-corrected chi connectivity index (χ2v) is 6.40. The van der Waals surface area contributed by atoms with Gasteiger partial charge in [0.05, 0.1) is 11.1 Å². The van der Waals surface area contributed by atoms with E-state index in [1.807, 2.05) is 35.0 Å². The van der Waals surface area contributed by atoms with Crippen molar-refractivity contribution in [2.75, 3.05) is 19.6 Å². The largest absolute Gasteiger partial charge is 0.348 e. The van der Waals surface area contributed by atoms with Crippen molar-refractivity contribution in [1.82, 2.24) is 14.6 Å². The fourth-order valence-electron chi connectivity index (χ4n) is 3.80. The van der Waals surface area contributed by atoms with Crippen LogP contribution in [0.2, 0.25) is 0 Å². The average Bonchev–Trinajstić information content (AvgIpc) is 3.09. The maximum atomic E-state index is 12.5. The van der Waals surface area contributed by atoms with Gasteiger partial charge in [0.15, 0.2) is 0 Å². The molecule has 0 spiro atoms. The van der Waals surface area contributed by atoms with E-state index in [4.69, 9.17) is 6.42 Å². The number of hydrogen-bond donors (Lipinski definition) is 1. The number of nitrogens with one attached hydrogen (secondary N) is 1. The molecule has 4 nitrogen and oxygen atoms in total. The number of carbonyl (C=O) groups excluding carboxylic acids is 1. The van der Waals surface area contributed by atoms with Crippen LogP contribution in [0, 0.1) is 18.3 Å². The molecule has 2 aliphatic heterocycles. The molecule has 2 bridgehead atoms. The van der Waals surface area contributed by atoms with Gasteiger partial charge >= 0.3 is 0 Å². The van der Waals surface area contributed by atoms with E-state index in [1.165, 1.54) is 19.5 Å². The number of piperidine rings is 1. The van der Waals surface area contributed by atoms with Crippen molar-refractivity contribution in [3.8, 4) is 12.3 Å². The maximum absolute atomic E-state index is 12.5. The van der Waals surface area contributed by atoms with Crippen LogP contribution in [0.1, 0.15) is 28.8 Å². The molecular weight excluding hydrogens is 274 g/mol. The third-order valence-electron chi connectivity index (χ3n) is 4.87. The lowest BCUT2D eigenvalue weighted by Gasteiger charge is -2.30. The lowest BCUT2D eigenvalue weighted by molar-refractivity contribution is 0.0909. The van der Waals surface area contributed by atoms with Gasteiger partial charge in [0, 0.05) is 37.1 Å². The molecule has 3 atom stereocenters. The van der Waals surface area contributed by atoms with E-state index in [0.717, 1.165) is 30.0 Å². The minimum atomic E-state index is 0.00496. The molecule has 0 aliphatic carbocycles. The van der Waals surface area contributed by atoms with Crippen LogP contribution >= 0.6 is 0 Å². The van der Waals surface area contributed by atoms with Gasteiger partial charge in [-0.15, -0.1) is 6.42 Å². The summed E-state index contributed by atoms with van der Waals surface area (Å²) in [5.74, 6) is 3.41. The number of amides is 1. The Morgan fingerprint density at radius 1 is 1.32 bits per heavy atom. The molecule has 2 unspecified atom stereocenters. The number of nitrogens with zero attached hydrogens (tertiary/aromatic N) is 2. The molecule has 0 aromatic carbocycles. The Labute approximate surface area is 130 Å². The summed E-state index contributed by atoms with van der Waals surface area (Å²) in [6.07, 6.45) is 11.6. The predicted molar refractivity (Wildman–Crippen MR) is 85.8 cm³/mol. The van der Waals surface area contributed by atoms with E-state index in [1.54, 1.807) is 0 Å². The smallest absolute Gasteiger partial charge is 0.253 e. The van der Waals surface area contributed by atoms with E-state index < -0.39 is 0 Å². The first-order valence-electron chi connectivity index (χ1n) is 7.83. The summed E-state index contributed by atoms with van der Waals surface area (Å²) < 4.78 is 1.91. The summed E-state index contributed by atoms with van der Waals surface area (Å²) in [5.41, 5.74) is 2.49. The zero-order chi connectivity index (χ0) is 15.1. The highest BCUT2D eigenvalue weighted by atomic mass is 16.1. The molecule has 0 radical (unpaired) electrons. The Morgan fingerprint density at radius 3 is 3.05 bits per heavy atom. The first-order chi connectivity index (χ1) is 10.7. The molecule has 1 amide bonds. The third kappa shape index (κ3) is 2.28. The minimum absolute atomic E-state index is 0.00496. The first-order valence-corrected chi connectivity index (χ1v) is 7.83. The van der Waals surface area contributed by atoms with Gasteiger partial charge < -0.3 is 14.6 Å². The number of carbonyl (C=O) groups is 1. The Bertz CT molecular complexity index is 758. The molecular formula is C18H19N3O. The van der Waals surface area contributed by atoms with Crippen molar-refractivity contribution in [3.05, 3.63) is 41.7 Å². The molecule has 4 heterocycles. The fraction of sp³-hybridized carbons (Fsp3) is 0.389. The van der Waals surface area contributed by atoms with Crippen LogP contribution in [0.4, 0.5) is 0 Å². The molecule has 2 aliphatic rings. The van der Waals surface area contributed by atoms with Gasteiger partial charge in [0.2, 0.25) is 0 Å². The number of fused-ring (bicyclic) bond motifs is 3. The third-order valence-corrected chi connectivity index (χ3v) is 4.87. The SMILES string of the molecule is C#Cc1ccn2cc(C(=O)N[C@@H]3CC4CCN(C4)C3)ccc12. The molecule has 22 heavy (non-hydrogen) atoms. The summed E-state index contributed by atoms with van der Waals surface area (Å²) in [5, 5.41) is 3.19. The molecule has 2 saturated heterocycles. The van der Waals surface area contributed by atoms with Crippen LogP contribution in [0.25, 0.3) is 5.52 Å². The van der Waals surface area contributed by atoms with Gasteiger partial charge in [-0.3, -0.25) is 4.79 Å². The highest BCUT2D eigenvalue weighted by molar-refractivity contribution is 5.94. The second-order valence-electron chi connectivity index (χ2n) is 6.40. The predicted octanol–water partition coefficient (Wildman–Crippen LogP) is 1.74. The Balaban J connectivity index is 1.52. The Hall–Kier alpha value is -2.25. The zero-order valence-electron chi connectivity index (χ0n) is 12.5. The molecule has 2 fully saturated rings. The average molecular weight is 293 g/mol. The van der Waals surface area contributed by atoms with Gasteiger partial charge in [-0.1, -0.05) is 5.92 Å². The van der Waals surface area contributed by atoms with E-state index in [9.17, 15) is 4.79 Å². The molecule has 1 N–H and O–H groups in total. The molecule has 112 valence electrons. The van der Waals surface area contributed by atoms with Crippen LogP contribution in [-0.4, -0.2) is 40.9 Å². The summed E-state index contributed by atoms with van der Waals surface area (Å²) in [6.45, 7) is 3.37. The molecule has 4 rings (SSSR count). The summed E-state index contributed by atoms with van der Waals surface area (Å²) in [4.78, 5) is 14.9. The summed E-state index contributed by atoms with van der Waals surface area (Å²) in [6, 6.07) is 5.93. The van der Waals surface area contributed by atoms with Crippen molar-refractivity contribution in [2.24, 2.45) is 5.92 Å². The summed E-state index contributed by atoms with van der Waals surface area (Å²) in [7, 11) is 0. The topological polar surface area (TPSA) is 36.8 Å². The second kappa shape index (κ2) is 5.19. The Morgan fingerprint density at radius 2 is 2.23 bits per heavy atom. The number of rotatable bonds is 2. The standard InChI is InChI=1S/C18H19N3O/c1-2-14-6-8-21-11-15(3-4-17(14)21)18(22)19-16-9-13-5-7-20(10-13)12-16/h1,3-4,6,8,11,13,16H,5,7,9-10,12H2,(H,19,22)/t13?,16-/m1/s1. The Kier molecular flexibility index (Phi) is 3.16. The highest BCUT2D eigenvalue weighted by Crippen LogP contribution is 2.26. The number of aromatic nitrogens is 1. The van der Waals surface area contributed by atoms with E-state index in [-0.39, 0.29) is 11.9 Å². The van der Waals surface area contributed by atoms with Crippen molar-refractivity contribution in [1.29, 1.82) is 0 Å². The highest BCUT2D eigenvalue weighted by Gasteiger charge is 2.32. The maximum Gasteiger partial charge on any atom is 0.253 e. The number of hydrogen-bond acceptors (Lipinski definition) is 2. The minimum Gasteiger partial charge on any atom is -0.348 e. The van der Waals surface area contributed by atoms with Crippen LogP contribution in [0.5, 0.6) is 0 Å². The molecule has 4 heteroatoms. The van der Waals surface area contributed by atoms with Gasteiger partial charge in [-0.05, 0) is 43.5 Å². The van der Waals surface area contributed by atoms with Gasteiger partial charge in [0.25, 0.3) is 5.91 Å². The van der Waals surface area contributed by atoms with Crippen LogP contribution < -0.4 is 5.32 Å². The van der Waals surface area contributed by atoms with Crippen molar-refractivity contribution in [2.45, 2.75) is 18.9 Å². The van der Waals surface area contributed by atoms with Crippen LogP contribution in [0.15, 0.2) is 30.6 Å². The fourth-order valence-corrected chi connectivity index (χ4v) is 3.80. The lowest BCUT2D eigenvalue weighted by atomic mass is 9.96. The normalized spacial score (nSPS) is 26.8. The first kappa shape index (κ1) is 13.4. The monoisotopic (exact) mass is 293 g/mol. The van der Waals surface area contributed by atoms with E-state index >= 15 is 0 Å². The van der Waals surface area contributed by atoms with Crippen LogP contribution in [-0.2, 0) is 0 Å². The summed E-state index contributed by atoms with van der Waals surface area (Å²) >= 11 is 0. The van der Waals surface area contributed by atoms with E-state index in [2.05, 4.69) is 16.1 Å². The van der Waals surface area contributed by atoms with Crippen molar-refractivity contribution < 1.29 is 4.79 Å².